The topological polar surface area (TPSA) is 31.4 Å². The lowest BCUT2D eigenvalue weighted by molar-refractivity contribution is 0.0654. The fourth-order valence-corrected chi connectivity index (χ4v) is 3.12. The smallest absolute Gasteiger partial charge is 0.0594 e. The van der Waals surface area contributed by atoms with Gasteiger partial charge in [0.1, 0.15) is 0 Å². The minimum absolute atomic E-state index is 0.863. The van der Waals surface area contributed by atoms with Gasteiger partial charge < -0.3 is 9.47 Å². The summed E-state index contributed by atoms with van der Waals surface area (Å²) in [6, 6.07) is 0. The van der Waals surface area contributed by atoms with Crippen LogP contribution in [-0.2, 0) is 9.47 Å². The Bertz CT molecular complexity index is 240. The summed E-state index contributed by atoms with van der Waals surface area (Å²) in [6.07, 6.45) is 0. The highest BCUT2D eigenvalue weighted by Crippen LogP contribution is 2.06. The molecule has 3 aliphatic heterocycles. The molecule has 6 heteroatoms. The zero-order chi connectivity index (χ0) is 13.6. The Morgan fingerprint density at radius 1 is 0.400 bits per heavy atom. The highest BCUT2D eigenvalue weighted by Gasteiger charge is 2.21. The predicted molar refractivity (Wildman–Crippen MR) is 77.7 cm³/mol. The van der Waals surface area contributed by atoms with Crippen molar-refractivity contribution in [1.82, 2.24) is 19.6 Å². The maximum atomic E-state index is 5.79. The number of hydrogen-bond donors (Lipinski definition) is 0. The zero-order valence-electron chi connectivity index (χ0n) is 12.5. The molecule has 0 spiro atoms. The first-order valence-corrected chi connectivity index (χ1v) is 7.95. The van der Waals surface area contributed by atoms with E-state index in [9.17, 15) is 0 Å². The molecule has 3 fully saturated rings. The van der Waals surface area contributed by atoms with Gasteiger partial charge >= 0.3 is 0 Å². The van der Waals surface area contributed by atoms with E-state index in [1.165, 1.54) is 26.2 Å². The normalized spacial score (nSPS) is 40.8. The number of rotatable bonds is 0. The summed E-state index contributed by atoms with van der Waals surface area (Å²) in [7, 11) is 0. The molecule has 0 aromatic rings. The lowest BCUT2D eigenvalue weighted by atomic mass is 10.5. The van der Waals surface area contributed by atoms with E-state index in [0.29, 0.717) is 0 Å². The van der Waals surface area contributed by atoms with Crippen LogP contribution in [0.25, 0.3) is 0 Å². The van der Waals surface area contributed by atoms with Gasteiger partial charge in [0.2, 0.25) is 0 Å². The molecule has 0 aromatic heterocycles. The molecule has 0 aromatic carbocycles. The summed E-state index contributed by atoms with van der Waals surface area (Å²) in [4.78, 5) is 9.90. The molecule has 6 nitrogen and oxygen atoms in total. The Hall–Kier alpha value is -0.240. The summed E-state index contributed by atoms with van der Waals surface area (Å²) in [5, 5.41) is 0. The van der Waals surface area contributed by atoms with Crippen LogP contribution >= 0.6 is 0 Å². The molecule has 0 aliphatic carbocycles. The van der Waals surface area contributed by atoms with Crippen LogP contribution in [0.4, 0.5) is 0 Å². The molecule has 3 aliphatic rings. The molecule has 0 N–H and O–H groups in total. The first-order valence-electron chi connectivity index (χ1n) is 7.95. The molecule has 3 heterocycles. The zero-order valence-corrected chi connectivity index (χ0v) is 12.5. The monoisotopic (exact) mass is 284 g/mol. The van der Waals surface area contributed by atoms with E-state index in [1.807, 2.05) is 0 Å². The summed E-state index contributed by atoms with van der Waals surface area (Å²) in [5.41, 5.74) is 0. The Morgan fingerprint density at radius 2 is 0.700 bits per heavy atom. The molecule has 0 amide bonds. The van der Waals surface area contributed by atoms with Crippen LogP contribution in [0.2, 0.25) is 0 Å². The fourth-order valence-electron chi connectivity index (χ4n) is 3.12. The number of hydrogen-bond acceptors (Lipinski definition) is 6. The Balaban J connectivity index is 1.45. The van der Waals surface area contributed by atoms with Gasteiger partial charge in [-0.2, -0.15) is 0 Å². The third-order valence-corrected chi connectivity index (χ3v) is 4.47. The summed E-state index contributed by atoms with van der Waals surface area (Å²) in [6.45, 7) is 14.5. The van der Waals surface area contributed by atoms with Crippen LogP contribution in [-0.4, -0.2) is 112 Å². The second-order valence-electron chi connectivity index (χ2n) is 5.98. The van der Waals surface area contributed by atoms with Gasteiger partial charge in [0.15, 0.2) is 0 Å². The summed E-state index contributed by atoms with van der Waals surface area (Å²) < 4.78 is 11.6. The van der Waals surface area contributed by atoms with Crippen LogP contribution in [0.3, 0.4) is 0 Å². The minimum Gasteiger partial charge on any atom is -0.379 e. The van der Waals surface area contributed by atoms with E-state index in [4.69, 9.17) is 9.47 Å². The van der Waals surface area contributed by atoms with E-state index in [-0.39, 0.29) is 0 Å². The van der Waals surface area contributed by atoms with Gasteiger partial charge in [-0.1, -0.05) is 0 Å². The van der Waals surface area contributed by atoms with E-state index < -0.39 is 0 Å². The molecule has 4 bridgehead atoms. The maximum absolute atomic E-state index is 5.79. The summed E-state index contributed by atoms with van der Waals surface area (Å²) in [5.74, 6) is 0. The second kappa shape index (κ2) is 7.68. The van der Waals surface area contributed by atoms with Crippen molar-refractivity contribution in [1.29, 1.82) is 0 Å². The third-order valence-electron chi connectivity index (χ3n) is 4.47. The Kier molecular flexibility index (Phi) is 5.64. The second-order valence-corrected chi connectivity index (χ2v) is 5.98. The molecule has 116 valence electrons. The molecule has 4 atom stereocenters. The molecular formula is C14H28N4O2. The first-order chi connectivity index (χ1) is 9.90. The van der Waals surface area contributed by atoms with Gasteiger partial charge in [0, 0.05) is 52.4 Å². The molecule has 0 saturated carbocycles. The Morgan fingerprint density at radius 3 is 1.00 bits per heavy atom. The van der Waals surface area contributed by atoms with Crippen molar-refractivity contribution in [3.8, 4) is 0 Å². The van der Waals surface area contributed by atoms with Crippen molar-refractivity contribution >= 4 is 0 Å². The standard InChI is InChI=1S/C14H28N4O2/c1-2-16-6-10-20-12-8-18-4-3-17(14-18)7-11-19-9-5-15(1)13-16/h1-14H2. The third kappa shape index (κ3) is 4.38. The van der Waals surface area contributed by atoms with Crippen molar-refractivity contribution in [3.63, 3.8) is 0 Å². The van der Waals surface area contributed by atoms with Gasteiger partial charge in [0.25, 0.3) is 0 Å². The lowest BCUT2D eigenvalue weighted by Crippen LogP contribution is -2.33. The maximum Gasteiger partial charge on any atom is 0.0594 e. The largest absolute Gasteiger partial charge is 0.379 e. The van der Waals surface area contributed by atoms with Gasteiger partial charge in [-0.05, 0) is 0 Å². The van der Waals surface area contributed by atoms with Crippen LogP contribution in [0.5, 0.6) is 0 Å². The first kappa shape index (κ1) is 14.7. The molecule has 3 rings (SSSR count). The van der Waals surface area contributed by atoms with Gasteiger partial charge in [0.05, 0.1) is 39.8 Å². The Labute approximate surface area is 122 Å². The van der Waals surface area contributed by atoms with Gasteiger partial charge in [-0.15, -0.1) is 0 Å². The van der Waals surface area contributed by atoms with Crippen molar-refractivity contribution in [2.24, 2.45) is 0 Å². The minimum atomic E-state index is 0.863. The summed E-state index contributed by atoms with van der Waals surface area (Å²) >= 11 is 0. The van der Waals surface area contributed by atoms with Crippen molar-refractivity contribution in [3.05, 3.63) is 0 Å². The van der Waals surface area contributed by atoms with E-state index in [1.54, 1.807) is 0 Å². The van der Waals surface area contributed by atoms with Crippen LogP contribution in [0.1, 0.15) is 0 Å². The SMILES string of the molecule is C1CN2CCN(CCOCCN3CCN(CCO1)C3)C2. The molecule has 4 unspecified atom stereocenters. The molecule has 3 saturated heterocycles. The predicted octanol–water partition coefficient (Wildman–Crippen LogP) is -0.817. The van der Waals surface area contributed by atoms with Crippen molar-refractivity contribution < 1.29 is 9.47 Å². The van der Waals surface area contributed by atoms with Crippen LogP contribution in [0.15, 0.2) is 0 Å². The van der Waals surface area contributed by atoms with Gasteiger partial charge in [-0.3, -0.25) is 19.6 Å². The van der Waals surface area contributed by atoms with Crippen LogP contribution < -0.4 is 0 Å². The number of fused-ring (bicyclic) bond motifs is 4. The average Bonchev–Trinajstić information content (AvgIpc) is 3.07. The van der Waals surface area contributed by atoms with E-state index >= 15 is 0 Å². The van der Waals surface area contributed by atoms with Gasteiger partial charge in [-0.25, -0.2) is 0 Å². The van der Waals surface area contributed by atoms with Crippen molar-refractivity contribution in [2.75, 3.05) is 92.1 Å². The lowest BCUT2D eigenvalue weighted by Gasteiger charge is -2.21. The number of ether oxygens (including phenoxy) is 2. The van der Waals surface area contributed by atoms with E-state index in [2.05, 4.69) is 19.6 Å². The number of nitrogens with zero attached hydrogens (tertiary/aromatic N) is 4. The molecule has 0 radical (unpaired) electrons. The highest BCUT2D eigenvalue weighted by atomic mass is 16.5. The quantitative estimate of drug-likeness (QED) is 0.578. The molecular weight excluding hydrogens is 256 g/mol. The molecule has 20 heavy (non-hydrogen) atoms. The van der Waals surface area contributed by atoms with Crippen LogP contribution in [0, 0.1) is 0 Å². The van der Waals surface area contributed by atoms with E-state index in [0.717, 1.165) is 65.9 Å². The fraction of sp³-hybridized carbons (Fsp3) is 1.00. The highest BCUT2D eigenvalue weighted by molar-refractivity contribution is 4.72. The van der Waals surface area contributed by atoms with Crippen molar-refractivity contribution in [2.45, 2.75) is 0 Å². The average molecular weight is 284 g/mol.